The van der Waals surface area contributed by atoms with Gasteiger partial charge in [-0.25, -0.2) is 9.97 Å². The summed E-state index contributed by atoms with van der Waals surface area (Å²) in [7, 11) is 0. The van der Waals surface area contributed by atoms with Crippen LogP contribution in [0.2, 0.25) is 0 Å². The van der Waals surface area contributed by atoms with Gasteiger partial charge in [-0.15, -0.1) is 0 Å². The molecule has 1 fully saturated rings. The molecule has 2 aromatic heterocycles. The summed E-state index contributed by atoms with van der Waals surface area (Å²) in [5, 5.41) is 3.26. The first-order valence-electron chi connectivity index (χ1n) is 11.8. The summed E-state index contributed by atoms with van der Waals surface area (Å²) >= 11 is 0. The van der Waals surface area contributed by atoms with E-state index < -0.39 is 0 Å². The molecule has 1 aromatic carbocycles. The summed E-state index contributed by atoms with van der Waals surface area (Å²) in [6.07, 6.45) is 6.22. The molecular formula is C26H30N4O4. The first-order chi connectivity index (χ1) is 16.8. The van der Waals surface area contributed by atoms with Crippen LogP contribution >= 0.6 is 0 Å². The molecule has 6 bridgehead atoms. The minimum Gasteiger partial charge on any atom is -0.494 e. The maximum Gasteiger partial charge on any atom is 0.227 e. The van der Waals surface area contributed by atoms with E-state index in [-0.39, 0.29) is 0 Å². The van der Waals surface area contributed by atoms with Gasteiger partial charge in [0.2, 0.25) is 5.95 Å². The zero-order valence-electron chi connectivity index (χ0n) is 19.2. The summed E-state index contributed by atoms with van der Waals surface area (Å²) in [6.45, 7) is 5.52. The number of hydrogen-bond acceptors (Lipinski definition) is 8. The van der Waals surface area contributed by atoms with Crippen LogP contribution in [0.4, 0.5) is 11.6 Å². The third kappa shape index (κ3) is 6.22. The fourth-order valence-electron chi connectivity index (χ4n) is 4.07. The lowest BCUT2D eigenvalue weighted by Gasteiger charge is -2.16. The second-order valence-electron chi connectivity index (χ2n) is 8.43. The Kier molecular flexibility index (Phi) is 7.50. The van der Waals surface area contributed by atoms with Crippen LogP contribution in [0.5, 0.6) is 0 Å². The molecule has 2 aliphatic rings. The Balaban J connectivity index is 1.31. The molecule has 8 heteroatoms. The molecule has 4 heterocycles. The fraction of sp³-hybridized carbons (Fsp3) is 0.385. The van der Waals surface area contributed by atoms with Crippen molar-refractivity contribution in [3.05, 3.63) is 71.8 Å². The first-order valence-corrected chi connectivity index (χ1v) is 11.8. The number of rotatable bonds is 4. The number of likely N-dealkylation sites (tertiary alicyclic amines) is 1. The van der Waals surface area contributed by atoms with Crippen LogP contribution < -0.4 is 5.32 Å². The van der Waals surface area contributed by atoms with Crippen molar-refractivity contribution in [1.82, 2.24) is 14.9 Å². The standard InChI is InChI=1S/C26H30N4O4/c1-2-12-30(11-1)13-15-33-22-9-14-31-17-20-4-3-5-21(16-20)28-26-27-10-8-24(29-26)25-7-6-23(34-25)19-32-18-22/h3-10,16H,1-2,11-15,17-19H2,(H,27,28,29). The predicted octanol–water partition coefficient (Wildman–Crippen LogP) is 4.52. The van der Waals surface area contributed by atoms with E-state index in [4.69, 9.17) is 18.6 Å². The topological polar surface area (TPSA) is 81.9 Å². The van der Waals surface area contributed by atoms with Crippen LogP contribution in [0.3, 0.4) is 0 Å². The van der Waals surface area contributed by atoms with E-state index in [1.165, 1.54) is 12.8 Å². The predicted molar refractivity (Wildman–Crippen MR) is 128 cm³/mol. The Morgan fingerprint density at radius 3 is 2.88 bits per heavy atom. The molecule has 0 spiro atoms. The number of furan rings is 1. The largest absolute Gasteiger partial charge is 0.494 e. The lowest BCUT2D eigenvalue weighted by molar-refractivity contribution is 0.0702. The van der Waals surface area contributed by atoms with Crippen molar-refractivity contribution in [2.45, 2.75) is 26.1 Å². The number of nitrogens with zero attached hydrogens (tertiary/aromatic N) is 3. The molecular weight excluding hydrogens is 432 g/mol. The third-order valence-electron chi connectivity index (χ3n) is 5.83. The average molecular weight is 463 g/mol. The summed E-state index contributed by atoms with van der Waals surface area (Å²) in [5.41, 5.74) is 2.66. The molecule has 0 amide bonds. The van der Waals surface area contributed by atoms with Gasteiger partial charge < -0.3 is 23.9 Å². The number of ether oxygens (including phenoxy) is 3. The van der Waals surface area contributed by atoms with Gasteiger partial charge in [0, 0.05) is 18.4 Å². The Morgan fingerprint density at radius 1 is 1.00 bits per heavy atom. The number of hydrogen-bond donors (Lipinski definition) is 1. The Labute approximate surface area is 199 Å². The number of anilines is 2. The highest BCUT2D eigenvalue weighted by Crippen LogP contribution is 2.23. The van der Waals surface area contributed by atoms with Gasteiger partial charge in [-0.3, -0.25) is 4.90 Å². The van der Waals surface area contributed by atoms with Gasteiger partial charge >= 0.3 is 0 Å². The average Bonchev–Trinajstić information content (AvgIpc) is 3.54. The van der Waals surface area contributed by atoms with E-state index in [1.807, 2.05) is 48.5 Å². The third-order valence-corrected chi connectivity index (χ3v) is 5.83. The number of aromatic nitrogens is 2. The molecule has 8 nitrogen and oxygen atoms in total. The molecule has 178 valence electrons. The summed E-state index contributed by atoms with van der Waals surface area (Å²) in [6, 6.07) is 13.7. The van der Waals surface area contributed by atoms with E-state index in [1.54, 1.807) is 6.20 Å². The molecule has 0 unspecified atom stereocenters. The SMILES string of the molecule is C1=C(OCCN2CCCC2)COCc2ccc(o2)-c2ccnc(n2)Nc2cccc(c2)COC1. The van der Waals surface area contributed by atoms with Crippen molar-refractivity contribution < 1.29 is 18.6 Å². The van der Waals surface area contributed by atoms with Crippen LogP contribution in [-0.2, 0) is 27.4 Å². The van der Waals surface area contributed by atoms with E-state index in [0.29, 0.717) is 50.4 Å². The second-order valence-corrected chi connectivity index (χ2v) is 8.43. The number of fused-ring (bicyclic) bond motifs is 7. The maximum absolute atomic E-state index is 6.05. The van der Waals surface area contributed by atoms with Gasteiger partial charge in [0.25, 0.3) is 0 Å². The molecule has 5 rings (SSSR count). The van der Waals surface area contributed by atoms with Crippen molar-refractivity contribution in [3.63, 3.8) is 0 Å². The monoisotopic (exact) mass is 462 g/mol. The van der Waals surface area contributed by atoms with Gasteiger partial charge in [0.05, 0.1) is 13.2 Å². The van der Waals surface area contributed by atoms with Crippen LogP contribution in [0.15, 0.2) is 64.9 Å². The van der Waals surface area contributed by atoms with Gasteiger partial charge in [-0.05, 0) is 67.9 Å². The Bertz CT molecular complexity index is 1110. The molecule has 34 heavy (non-hydrogen) atoms. The van der Waals surface area contributed by atoms with Gasteiger partial charge in [-0.1, -0.05) is 12.1 Å². The van der Waals surface area contributed by atoms with E-state index in [2.05, 4.69) is 20.2 Å². The molecule has 0 atom stereocenters. The Morgan fingerprint density at radius 2 is 1.94 bits per heavy atom. The highest BCUT2D eigenvalue weighted by atomic mass is 16.5. The van der Waals surface area contributed by atoms with Crippen molar-refractivity contribution >= 4 is 11.6 Å². The highest BCUT2D eigenvalue weighted by molar-refractivity contribution is 5.58. The normalized spacial score (nSPS) is 17.4. The summed E-state index contributed by atoms with van der Waals surface area (Å²) in [5.74, 6) is 2.68. The summed E-state index contributed by atoms with van der Waals surface area (Å²) in [4.78, 5) is 11.4. The van der Waals surface area contributed by atoms with Gasteiger partial charge in [0.1, 0.15) is 37.0 Å². The lowest BCUT2D eigenvalue weighted by atomic mass is 10.2. The minimum absolute atomic E-state index is 0.342. The molecule has 1 N–H and O–H groups in total. The smallest absolute Gasteiger partial charge is 0.227 e. The molecule has 0 saturated carbocycles. The number of benzene rings is 1. The molecule has 3 aromatic rings. The van der Waals surface area contributed by atoms with Gasteiger partial charge in [-0.2, -0.15) is 0 Å². The summed E-state index contributed by atoms with van der Waals surface area (Å²) < 4.78 is 23.8. The molecule has 0 radical (unpaired) electrons. The van der Waals surface area contributed by atoms with Crippen LogP contribution in [0.1, 0.15) is 24.2 Å². The van der Waals surface area contributed by atoms with E-state index in [9.17, 15) is 0 Å². The van der Waals surface area contributed by atoms with E-state index in [0.717, 1.165) is 42.4 Å². The highest BCUT2D eigenvalue weighted by Gasteiger charge is 2.12. The van der Waals surface area contributed by atoms with E-state index >= 15 is 0 Å². The molecule has 0 aliphatic carbocycles. The molecule has 2 aliphatic heterocycles. The fourth-order valence-corrected chi connectivity index (χ4v) is 4.07. The second kappa shape index (κ2) is 11.3. The van der Waals surface area contributed by atoms with Crippen LogP contribution in [0.25, 0.3) is 11.5 Å². The van der Waals surface area contributed by atoms with Crippen molar-refractivity contribution in [3.8, 4) is 11.5 Å². The van der Waals surface area contributed by atoms with Crippen molar-refractivity contribution in [2.24, 2.45) is 0 Å². The van der Waals surface area contributed by atoms with Crippen LogP contribution in [-0.4, -0.2) is 54.3 Å². The zero-order valence-corrected chi connectivity index (χ0v) is 19.2. The quantitative estimate of drug-likeness (QED) is 0.606. The van der Waals surface area contributed by atoms with Crippen LogP contribution in [0, 0.1) is 0 Å². The first kappa shape index (κ1) is 22.6. The minimum atomic E-state index is 0.342. The Hall–Kier alpha value is -3.20. The van der Waals surface area contributed by atoms with Crippen molar-refractivity contribution in [1.29, 1.82) is 0 Å². The number of nitrogens with one attached hydrogen (secondary N) is 1. The van der Waals surface area contributed by atoms with Gasteiger partial charge in [0.15, 0.2) is 5.76 Å². The lowest BCUT2D eigenvalue weighted by Crippen LogP contribution is -2.24. The molecule has 1 saturated heterocycles. The zero-order chi connectivity index (χ0) is 23.0. The van der Waals surface area contributed by atoms with Crippen molar-refractivity contribution in [2.75, 3.05) is 44.8 Å². The maximum atomic E-state index is 6.05.